The highest BCUT2D eigenvalue weighted by molar-refractivity contribution is 7.98. The van der Waals surface area contributed by atoms with Crippen LogP contribution in [-0.2, 0) is 51.1 Å². The van der Waals surface area contributed by atoms with Crippen LogP contribution in [0.3, 0.4) is 0 Å². The van der Waals surface area contributed by atoms with Gasteiger partial charge in [0.05, 0.1) is 32.2 Å². The number of carbonyl (C=O) groups is 6. The third kappa shape index (κ3) is 19.1. The number of fused-ring (bicyclic) bond motifs is 1. The summed E-state index contributed by atoms with van der Waals surface area (Å²) in [7, 11) is 0. The SMILES string of the molecule is CSCC[C@@H](C=O)NC(=O)c1cccc2c1CCN(C(=O)CN1CCN(CC(=O)OC(C)(C)C)CCN(CC(=O)OC(C)(C)C)CCN(CC(=O)OC(C)(C)C)CC1)C2. The molecular weight excluding hydrogens is 777 g/mol. The van der Waals surface area contributed by atoms with Gasteiger partial charge in [0.1, 0.15) is 23.1 Å². The van der Waals surface area contributed by atoms with Gasteiger partial charge in [0.2, 0.25) is 5.91 Å². The minimum atomic E-state index is -0.661. The lowest BCUT2D eigenvalue weighted by molar-refractivity contribution is -0.158. The number of hydrogen-bond acceptors (Lipinski definition) is 14. The Morgan fingerprint density at radius 2 is 1.10 bits per heavy atom. The van der Waals surface area contributed by atoms with E-state index in [1.807, 2.05) is 95.4 Å². The Labute approximate surface area is 356 Å². The van der Waals surface area contributed by atoms with Crippen molar-refractivity contribution in [2.75, 3.05) is 97.1 Å². The van der Waals surface area contributed by atoms with Crippen LogP contribution in [-0.4, -0.2) is 180 Å². The maximum Gasteiger partial charge on any atom is 0.320 e. The zero-order valence-corrected chi connectivity index (χ0v) is 38.0. The summed E-state index contributed by atoms with van der Waals surface area (Å²) in [6, 6.07) is 4.94. The summed E-state index contributed by atoms with van der Waals surface area (Å²) < 4.78 is 17.0. The van der Waals surface area contributed by atoms with Crippen LogP contribution in [0.4, 0.5) is 0 Å². The first kappa shape index (κ1) is 49.8. The minimum absolute atomic E-state index is 0.0358. The molecule has 59 heavy (non-hydrogen) atoms. The molecule has 2 aliphatic rings. The maximum absolute atomic E-state index is 14.1. The van der Waals surface area contributed by atoms with Gasteiger partial charge in [-0.05, 0) is 104 Å². The molecule has 1 fully saturated rings. The van der Waals surface area contributed by atoms with Crippen LogP contribution in [0.2, 0.25) is 0 Å². The number of rotatable bonds is 14. The van der Waals surface area contributed by atoms with Gasteiger partial charge in [-0.2, -0.15) is 11.8 Å². The van der Waals surface area contributed by atoms with Gasteiger partial charge in [-0.3, -0.25) is 43.6 Å². The molecular formula is C43H70N6O9S. The molecule has 2 aliphatic heterocycles. The number of thioether (sulfide) groups is 1. The summed E-state index contributed by atoms with van der Waals surface area (Å²) in [5, 5.41) is 2.86. The van der Waals surface area contributed by atoms with Crippen molar-refractivity contribution in [3.05, 3.63) is 34.9 Å². The van der Waals surface area contributed by atoms with E-state index in [9.17, 15) is 28.8 Å². The van der Waals surface area contributed by atoms with Gasteiger partial charge >= 0.3 is 17.9 Å². The molecule has 0 saturated carbocycles. The number of nitrogens with one attached hydrogen (secondary N) is 1. The van der Waals surface area contributed by atoms with Crippen molar-refractivity contribution in [2.45, 2.75) is 105 Å². The highest BCUT2D eigenvalue weighted by Crippen LogP contribution is 2.23. The molecule has 16 heteroatoms. The zero-order valence-electron chi connectivity index (χ0n) is 37.2. The smallest absolute Gasteiger partial charge is 0.320 e. The fourth-order valence-corrected chi connectivity index (χ4v) is 7.36. The third-order valence-electron chi connectivity index (χ3n) is 9.58. The number of benzene rings is 1. The van der Waals surface area contributed by atoms with Crippen LogP contribution < -0.4 is 5.32 Å². The first-order chi connectivity index (χ1) is 27.5. The van der Waals surface area contributed by atoms with Crippen molar-refractivity contribution < 1.29 is 43.0 Å². The van der Waals surface area contributed by atoms with Gasteiger partial charge in [-0.25, -0.2) is 0 Å². The predicted octanol–water partition coefficient (Wildman–Crippen LogP) is 2.87. The number of carbonyl (C=O) groups excluding carboxylic acids is 6. The minimum Gasteiger partial charge on any atom is -0.459 e. The summed E-state index contributed by atoms with van der Waals surface area (Å²) in [5.41, 5.74) is 0.319. The normalized spacial score (nSPS) is 17.8. The van der Waals surface area contributed by atoms with Crippen molar-refractivity contribution >= 4 is 47.8 Å². The molecule has 15 nitrogen and oxygen atoms in total. The number of aldehydes is 1. The molecule has 1 aromatic carbocycles. The van der Waals surface area contributed by atoms with Crippen molar-refractivity contribution in [1.82, 2.24) is 29.8 Å². The van der Waals surface area contributed by atoms with Gasteiger partial charge in [0.15, 0.2) is 0 Å². The molecule has 332 valence electrons. The van der Waals surface area contributed by atoms with E-state index in [1.165, 1.54) is 0 Å². The second-order valence-electron chi connectivity index (χ2n) is 18.4. The first-order valence-corrected chi connectivity index (χ1v) is 22.1. The lowest BCUT2D eigenvalue weighted by Crippen LogP contribution is -2.51. The standard InChI is InChI=1S/C43H70N6O9S/c1-41(2,3)56-37(52)28-46-19-17-45(18-20-47(29-38(53)57-42(4,5)6)22-24-48(23-21-46)30-39(54)58-43(7,8)9)27-36(51)49-16-14-34-32(26-49)12-11-13-35(34)40(55)44-33(31-50)15-25-59-10/h11-13,31,33H,14-30H2,1-10H3,(H,44,55)/t33-/m0/s1. The largest absolute Gasteiger partial charge is 0.459 e. The quantitative estimate of drug-likeness (QED) is 0.166. The molecule has 0 aliphatic carbocycles. The van der Waals surface area contributed by atoms with E-state index < -0.39 is 22.8 Å². The molecule has 0 aromatic heterocycles. The van der Waals surface area contributed by atoms with Gasteiger partial charge < -0.3 is 29.2 Å². The van der Waals surface area contributed by atoms with E-state index in [4.69, 9.17) is 14.2 Å². The molecule has 2 heterocycles. The first-order valence-electron chi connectivity index (χ1n) is 20.7. The van der Waals surface area contributed by atoms with E-state index >= 15 is 0 Å². The Kier molecular flexibility index (Phi) is 19.3. The Morgan fingerprint density at radius 3 is 1.49 bits per heavy atom. The van der Waals surface area contributed by atoms with Gasteiger partial charge in [0, 0.05) is 71.0 Å². The van der Waals surface area contributed by atoms with Gasteiger partial charge in [0.25, 0.3) is 5.91 Å². The molecule has 0 unspecified atom stereocenters. The molecule has 1 saturated heterocycles. The summed E-state index contributed by atoms with van der Waals surface area (Å²) in [5.74, 6) is -0.703. The van der Waals surface area contributed by atoms with E-state index in [0.717, 1.165) is 23.2 Å². The Hall–Kier alpha value is -3.57. The Morgan fingerprint density at radius 1 is 0.678 bits per heavy atom. The fourth-order valence-electron chi connectivity index (χ4n) is 6.87. The number of ether oxygens (including phenoxy) is 3. The molecule has 1 atom stereocenters. The highest BCUT2D eigenvalue weighted by Gasteiger charge is 2.29. The van der Waals surface area contributed by atoms with Gasteiger partial charge in [-0.1, -0.05) is 12.1 Å². The van der Waals surface area contributed by atoms with Crippen molar-refractivity contribution in [1.29, 1.82) is 0 Å². The second-order valence-corrected chi connectivity index (χ2v) is 19.4. The average molecular weight is 847 g/mol. The van der Waals surface area contributed by atoms with Crippen molar-refractivity contribution in [2.24, 2.45) is 0 Å². The van der Waals surface area contributed by atoms with Crippen molar-refractivity contribution in [3.63, 3.8) is 0 Å². The van der Waals surface area contributed by atoms with Crippen LogP contribution in [0.25, 0.3) is 0 Å². The third-order valence-corrected chi connectivity index (χ3v) is 10.2. The number of nitrogens with zero attached hydrogens (tertiary/aromatic N) is 5. The molecule has 1 aromatic rings. The molecule has 0 bridgehead atoms. The number of hydrogen-bond donors (Lipinski definition) is 1. The summed E-state index contributed by atoms with van der Waals surface area (Å²) in [6.07, 6.45) is 3.77. The molecule has 0 radical (unpaired) electrons. The maximum atomic E-state index is 14.1. The average Bonchev–Trinajstić information content (AvgIpc) is 3.11. The Bertz CT molecular complexity index is 1540. The monoisotopic (exact) mass is 846 g/mol. The predicted molar refractivity (Wildman–Crippen MR) is 229 cm³/mol. The second kappa shape index (κ2) is 22.9. The number of esters is 3. The van der Waals surface area contributed by atoms with E-state index in [0.29, 0.717) is 83.9 Å². The zero-order chi connectivity index (χ0) is 44.0. The van der Waals surface area contributed by atoms with Crippen LogP contribution in [0.15, 0.2) is 18.2 Å². The van der Waals surface area contributed by atoms with Gasteiger partial charge in [-0.15, -0.1) is 0 Å². The van der Waals surface area contributed by atoms with Crippen LogP contribution in [0, 0.1) is 0 Å². The summed E-state index contributed by atoms with van der Waals surface area (Å²) >= 11 is 1.61. The fraction of sp³-hybridized carbons (Fsp3) is 0.721. The lowest BCUT2D eigenvalue weighted by atomic mass is 9.93. The molecule has 0 spiro atoms. The summed E-state index contributed by atoms with van der Waals surface area (Å²) in [4.78, 5) is 88.0. The Balaban J connectivity index is 1.83. The number of amides is 2. The van der Waals surface area contributed by atoms with Crippen LogP contribution in [0.5, 0.6) is 0 Å². The van der Waals surface area contributed by atoms with Crippen LogP contribution in [0.1, 0.15) is 90.2 Å². The molecule has 1 N–H and O–H groups in total. The topological polar surface area (TPSA) is 158 Å². The lowest BCUT2D eigenvalue weighted by Gasteiger charge is -2.35. The highest BCUT2D eigenvalue weighted by atomic mass is 32.2. The van der Waals surface area contributed by atoms with E-state index in [1.54, 1.807) is 22.7 Å². The van der Waals surface area contributed by atoms with Crippen molar-refractivity contribution in [3.8, 4) is 0 Å². The van der Waals surface area contributed by atoms with E-state index in [-0.39, 0.29) is 55.9 Å². The molecule has 3 rings (SSSR count). The molecule has 2 amide bonds. The summed E-state index contributed by atoms with van der Waals surface area (Å²) in [6.45, 7) is 21.0. The van der Waals surface area contributed by atoms with E-state index in [2.05, 4.69) is 10.2 Å². The van der Waals surface area contributed by atoms with Crippen LogP contribution >= 0.6 is 11.8 Å².